The molecule has 0 aromatic carbocycles. The first-order valence-electron chi connectivity index (χ1n) is 5.38. The summed E-state index contributed by atoms with van der Waals surface area (Å²) in [5.41, 5.74) is 0. The van der Waals surface area contributed by atoms with Crippen molar-refractivity contribution in [1.82, 2.24) is 9.55 Å². The molecule has 1 heterocycles. The molecule has 0 unspecified atom stereocenters. The van der Waals surface area contributed by atoms with Gasteiger partial charge in [0, 0.05) is 25.0 Å². The topological polar surface area (TPSA) is 29.9 Å². The number of anilines is 1. The zero-order valence-corrected chi connectivity index (χ0v) is 9.62. The molecule has 0 amide bonds. The third-order valence-corrected chi connectivity index (χ3v) is 2.23. The summed E-state index contributed by atoms with van der Waals surface area (Å²) < 4.78 is 2.15. The van der Waals surface area contributed by atoms with E-state index in [0.29, 0.717) is 6.04 Å². The fourth-order valence-corrected chi connectivity index (χ4v) is 1.34. The molecule has 14 heavy (non-hydrogen) atoms. The Morgan fingerprint density at radius 2 is 2.07 bits per heavy atom. The highest BCUT2D eigenvalue weighted by Gasteiger charge is 2.04. The van der Waals surface area contributed by atoms with Gasteiger partial charge in [0.25, 0.3) is 0 Å². The van der Waals surface area contributed by atoms with E-state index < -0.39 is 0 Å². The molecule has 0 atom stereocenters. The summed E-state index contributed by atoms with van der Waals surface area (Å²) in [7, 11) is 0. The molecule has 0 fully saturated rings. The van der Waals surface area contributed by atoms with Gasteiger partial charge in [0.05, 0.1) is 0 Å². The summed E-state index contributed by atoms with van der Waals surface area (Å²) in [6.07, 6.45) is 5.05. The molecule has 0 radical (unpaired) electrons. The highest BCUT2D eigenvalue weighted by molar-refractivity contribution is 5.26. The molecule has 0 saturated carbocycles. The molecule has 0 aliphatic rings. The molecule has 0 bridgehead atoms. The summed E-state index contributed by atoms with van der Waals surface area (Å²) >= 11 is 0. The van der Waals surface area contributed by atoms with Gasteiger partial charge in [-0.05, 0) is 26.2 Å². The minimum atomic E-state index is 0.471. The minimum Gasteiger partial charge on any atom is -0.356 e. The van der Waals surface area contributed by atoms with Crippen LogP contribution in [0, 0.1) is 5.92 Å². The van der Waals surface area contributed by atoms with Crippen LogP contribution >= 0.6 is 0 Å². The van der Waals surface area contributed by atoms with Crippen molar-refractivity contribution in [3.8, 4) is 0 Å². The average molecular weight is 195 g/mol. The number of nitrogens with zero attached hydrogens (tertiary/aromatic N) is 2. The summed E-state index contributed by atoms with van der Waals surface area (Å²) in [5, 5.41) is 3.36. The van der Waals surface area contributed by atoms with Gasteiger partial charge in [0.2, 0.25) is 5.95 Å². The van der Waals surface area contributed by atoms with E-state index in [1.54, 1.807) is 0 Å². The van der Waals surface area contributed by atoms with Crippen LogP contribution in [0.15, 0.2) is 12.4 Å². The van der Waals surface area contributed by atoms with Crippen LogP contribution in [0.4, 0.5) is 5.95 Å². The maximum atomic E-state index is 4.29. The summed E-state index contributed by atoms with van der Waals surface area (Å²) in [6.45, 7) is 9.79. The van der Waals surface area contributed by atoms with Crippen molar-refractivity contribution in [2.75, 3.05) is 11.9 Å². The smallest absolute Gasteiger partial charge is 0.203 e. The second kappa shape index (κ2) is 5.03. The van der Waals surface area contributed by atoms with Gasteiger partial charge >= 0.3 is 0 Å². The first-order valence-corrected chi connectivity index (χ1v) is 5.38. The molecule has 0 aliphatic carbocycles. The highest BCUT2D eigenvalue weighted by atomic mass is 15.2. The van der Waals surface area contributed by atoms with Gasteiger partial charge in [-0.2, -0.15) is 0 Å². The standard InChI is InChI=1S/C11H21N3/c1-9(2)5-6-12-11-13-7-8-14(11)10(3)4/h7-10H,5-6H2,1-4H3,(H,12,13). The molecule has 3 heteroatoms. The molecule has 1 N–H and O–H groups in total. The van der Waals surface area contributed by atoms with E-state index in [9.17, 15) is 0 Å². The fourth-order valence-electron chi connectivity index (χ4n) is 1.34. The molecule has 1 aromatic rings. The van der Waals surface area contributed by atoms with Crippen LogP contribution in [0.25, 0.3) is 0 Å². The molecule has 0 saturated heterocycles. The Morgan fingerprint density at radius 1 is 1.36 bits per heavy atom. The van der Waals surface area contributed by atoms with Crippen LogP contribution in [-0.4, -0.2) is 16.1 Å². The lowest BCUT2D eigenvalue weighted by atomic mass is 10.1. The Labute approximate surface area is 86.5 Å². The monoisotopic (exact) mass is 195 g/mol. The van der Waals surface area contributed by atoms with Crippen LogP contribution in [-0.2, 0) is 0 Å². The lowest BCUT2D eigenvalue weighted by Gasteiger charge is -2.13. The zero-order chi connectivity index (χ0) is 10.6. The van der Waals surface area contributed by atoms with Gasteiger partial charge in [0.15, 0.2) is 0 Å². The van der Waals surface area contributed by atoms with Crippen molar-refractivity contribution in [3.05, 3.63) is 12.4 Å². The predicted octanol–water partition coefficient (Wildman–Crippen LogP) is 2.92. The number of hydrogen-bond acceptors (Lipinski definition) is 2. The average Bonchev–Trinajstić information content (AvgIpc) is 2.51. The number of nitrogens with one attached hydrogen (secondary N) is 1. The van der Waals surface area contributed by atoms with Gasteiger partial charge in [-0.15, -0.1) is 0 Å². The lowest BCUT2D eigenvalue weighted by Crippen LogP contribution is -2.11. The van der Waals surface area contributed by atoms with E-state index in [2.05, 4.69) is 42.6 Å². The Hall–Kier alpha value is -0.990. The van der Waals surface area contributed by atoms with Gasteiger partial charge in [0.1, 0.15) is 0 Å². The van der Waals surface area contributed by atoms with Gasteiger partial charge in [-0.3, -0.25) is 0 Å². The normalized spacial score (nSPS) is 11.3. The maximum Gasteiger partial charge on any atom is 0.203 e. The largest absolute Gasteiger partial charge is 0.356 e. The van der Waals surface area contributed by atoms with Crippen molar-refractivity contribution in [2.45, 2.75) is 40.2 Å². The molecular formula is C11H21N3. The first-order chi connectivity index (χ1) is 6.61. The Kier molecular flexibility index (Phi) is 3.98. The Balaban J connectivity index is 2.46. The molecular weight excluding hydrogens is 174 g/mol. The maximum absolute atomic E-state index is 4.29. The van der Waals surface area contributed by atoms with Crippen molar-refractivity contribution >= 4 is 5.95 Å². The van der Waals surface area contributed by atoms with E-state index in [-0.39, 0.29) is 0 Å². The molecule has 0 aliphatic heterocycles. The molecule has 0 spiro atoms. The summed E-state index contributed by atoms with van der Waals surface area (Å²) in [4.78, 5) is 4.29. The first kappa shape index (κ1) is 11.1. The van der Waals surface area contributed by atoms with Crippen molar-refractivity contribution < 1.29 is 0 Å². The van der Waals surface area contributed by atoms with Gasteiger partial charge in [-0.1, -0.05) is 13.8 Å². The molecule has 3 nitrogen and oxygen atoms in total. The zero-order valence-electron chi connectivity index (χ0n) is 9.62. The van der Waals surface area contributed by atoms with Gasteiger partial charge in [-0.25, -0.2) is 4.98 Å². The number of aromatic nitrogens is 2. The Morgan fingerprint density at radius 3 is 2.64 bits per heavy atom. The molecule has 1 aromatic heterocycles. The van der Waals surface area contributed by atoms with Crippen LogP contribution in [0.3, 0.4) is 0 Å². The summed E-state index contributed by atoms with van der Waals surface area (Å²) in [5.74, 6) is 1.73. The van der Waals surface area contributed by atoms with Crippen LogP contribution in [0.1, 0.15) is 40.2 Å². The highest BCUT2D eigenvalue weighted by Crippen LogP contribution is 2.12. The molecule has 80 valence electrons. The Bertz CT molecular complexity index is 263. The SMILES string of the molecule is CC(C)CCNc1nccn1C(C)C. The van der Waals surface area contributed by atoms with E-state index in [4.69, 9.17) is 0 Å². The number of imidazole rings is 1. The van der Waals surface area contributed by atoms with Crippen LogP contribution in [0.5, 0.6) is 0 Å². The predicted molar refractivity (Wildman–Crippen MR) is 60.6 cm³/mol. The second-order valence-electron chi connectivity index (χ2n) is 4.36. The number of hydrogen-bond donors (Lipinski definition) is 1. The van der Waals surface area contributed by atoms with Crippen LogP contribution < -0.4 is 5.32 Å². The molecule has 1 rings (SSSR count). The van der Waals surface area contributed by atoms with E-state index in [1.807, 2.05) is 12.4 Å². The van der Waals surface area contributed by atoms with Crippen molar-refractivity contribution in [1.29, 1.82) is 0 Å². The van der Waals surface area contributed by atoms with E-state index >= 15 is 0 Å². The quantitative estimate of drug-likeness (QED) is 0.783. The summed E-state index contributed by atoms with van der Waals surface area (Å²) in [6, 6.07) is 0.471. The van der Waals surface area contributed by atoms with Crippen molar-refractivity contribution in [3.63, 3.8) is 0 Å². The number of rotatable bonds is 5. The fraction of sp³-hybridized carbons (Fsp3) is 0.727. The lowest BCUT2D eigenvalue weighted by molar-refractivity contribution is 0.586. The van der Waals surface area contributed by atoms with E-state index in [0.717, 1.165) is 18.4 Å². The van der Waals surface area contributed by atoms with Crippen molar-refractivity contribution in [2.24, 2.45) is 5.92 Å². The third-order valence-electron chi connectivity index (χ3n) is 2.23. The van der Waals surface area contributed by atoms with Crippen LogP contribution in [0.2, 0.25) is 0 Å². The minimum absolute atomic E-state index is 0.471. The van der Waals surface area contributed by atoms with Gasteiger partial charge < -0.3 is 9.88 Å². The van der Waals surface area contributed by atoms with E-state index in [1.165, 1.54) is 6.42 Å². The second-order valence-corrected chi connectivity index (χ2v) is 4.36. The third kappa shape index (κ3) is 3.05.